The molecule has 1 rings (SSSR count). The van der Waals surface area contributed by atoms with Crippen LogP contribution >= 0.6 is 12.4 Å². The third-order valence-corrected chi connectivity index (χ3v) is 5.84. The molecule has 1 heterocycles. The highest BCUT2D eigenvalue weighted by atomic mass is 35.5. The van der Waals surface area contributed by atoms with Gasteiger partial charge in [-0.15, -0.1) is 12.4 Å². The molecule has 0 aromatic rings. The van der Waals surface area contributed by atoms with Crippen molar-refractivity contribution in [2.75, 3.05) is 46.0 Å². The number of carbonyl (C=O) groups is 3. The van der Waals surface area contributed by atoms with Crippen molar-refractivity contribution in [1.82, 2.24) is 9.80 Å². The van der Waals surface area contributed by atoms with Gasteiger partial charge in [0.05, 0.1) is 12.6 Å². The molecule has 0 spiro atoms. The summed E-state index contributed by atoms with van der Waals surface area (Å²) < 4.78 is 11.4. The summed E-state index contributed by atoms with van der Waals surface area (Å²) in [5.74, 6) is -1.26. The first-order valence-corrected chi connectivity index (χ1v) is 12.1. The van der Waals surface area contributed by atoms with E-state index in [1.165, 1.54) is 11.8 Å². The molecule has 0 saturated carbocycles. The van der Waals surface area contributed by atoms with Gasteiger partial charge in [0.25, 0.3) is 0 Å². The number of aliphatic hydroxyl groups excluding tert-OH is 2. The zero-order chi connectivity index (χ0) is 25.7. The van der Waals surface area contributed by atoms with Crippen molar-refractivity contribution in [1.29, 1.82) is 0 Å². The molecule has 11 nitrogen and oxygen atoms in total. The smallest absolute Gasteiger partial charge is 0.303 e. The Hall–Kier alpha value is -1.50. The molecule has 1 aliphatic heterocycles. The van der Waals surface area contributed by atoms with Crippen molar-refractivity contribution in [3.8, 4) is 0 Å². The van der Waals surface area contributed by atoms with E-state index in [4.69, 9.17) is 20.3 Å². The zero-order valence-electron chi connectivity index (χ0n) is 21.1. The Bertz CT molecular complexity index is 640. The van der Waals surface area contributed by atoms with Crippen LogP contribution in [0.4, 0.5) is 0 Å². The molecule has 0 bridgehead atoms. The molecule has 0 aromatic heterocycles. The number of halogens is 1. The Kier molecular flexibility index (Phi) is 17.1. The quantitative estimate of drug-likeness (QED) is 0.347. The van der Waals surface area contributed by atoms with E-state index < -0.39 is 30.3 Å². The maximum Gasteiger partial charge on any atom is 0.303 e. The van der Waals surface area contributed by atoms with Crippen LogP contribution in [0.2, 0.25) is 0 Å². The standard InChI is InChI=1S/C23H43N3O8.ClH/c1-16(2)8-13-34-20-14-26(17(3)27)11-10-25(23(32)18(24)6-7-21(29)30)9-4-5-12-33-15-19(28)22(20)31;/h16,18-20,22,28,31H,4-15,24H2,1-3H3,(H,29,30);1H/t18-,19+,20+,22+;/m0./s1. The molecule has 12 heteroatoms. The number of carboxylic acid groups (broad SMARTS) is 1. The molecule has 35 heavy (non-hydrogen) atoms. The minimum absolute atomic E-state index is 0. The van der Waals surface area contributed by atoms with E-state index in [2.05, 4.69) is 0 Å². The number of ether oxygens (including phenoxy) is 2. The second kappa shape index (κ2) is 17.9. The molecular weight excluding hydrogens is 482 g/mol. The van der Waals surface area contributed by atoms with Crippen molar-refractivity contribution in [2.45, 2.75) is 77.2 Å². The summed E-state index contributed by atoms with van der Waals surface area (Å²) in [6.07, 6.45) is -1.44. The van der Waals surface area contributed by atoms with Gasteiger partial charge in [0, 0.05) is 52.7 Å². The first kappa shape index (κ1) is 33.5. The van der Waals surface area contributed by atoms with Gasteiger partial charge in [-0.1, -0.05) is 13.8 Å². The summed E-state index contributed by atoms with van der Waals surface area (Å²) in [5, 5.41) is 30.0. The van der Waals surface area contributed by atoms with Crippen LogP contribution in [0.3, 0.4) is 0 Å². The fourth-order valence-corrected chi connectivity index (χ4v) is 3.58. The van der Waals surface area contributed by atoms with Crippen LogP contribution in [0.1, 0.15) is 52.9 Å². The van der Waals surface area contributed by atoms with Gasteiger partial charge in [-0.3, -0.25) is 14.4 Å². The first-order chi connectivity index (χ1) is 16.0. The zero-order valence-corrected chi connectivity index (χ0v) is 22.0. The highest BCUT2D eigenvalue weighted by molar-refractivity contribution is 5.85. The van der Waals surface area contributed by atoms with E-state index in [9.17, 15) is 24.6 Å². The maximum atomic E-state index is 12.9. The van der Waals surface area contributed by atoms with Crippen LogP contribution in [0.15, 0.2) is 0 Å². The molecule has 1 fully saturated rings. The van der Waals surface area contributed by atoms with Crippen molar-refractivity contribution in [3.63, 3.8) is 0 Å². The molecule has 0 aliphatic carbocycles. The molecule has 1 saturated heterocycles. The molecule has 4 atom stereocenters. The van der Waals surface area contributed by atoms with Crippen LogP contribution in [-0.2, 0) is 23.9 Å². The minimum atomic E-state index is -1.25. The van der Waals surface area contributed by atoms with Crippen molar-refractivity contribution in [3.05, 3.63) is 0 Å². The third kappa shape index (κ3) is 13.4. The fourth-order valence-electron chi connectivity index (χ4n) is 3.58. The Labute approximate surface area is 214 Å². The van der Waals surface area contributed by atoms with Gasteiger partial charge in [-0.05, 0) is 31.6 Å². The molecule has 0 radical (unpaired) electrons. The fraction of sp³-hybridized carbons (Fsp3) is 0.870. The van der Waals surface area contributed by atoms with Gasteiger partial charge in [-0.25, -0.2) is 0 Å². The maximum absolute atomic E-state index is 12.9. The minimum Gasteiger partial charge on any atom is -0.481 e. The summed E-state index contributed by atoms with van der Waals surface area (Å²) >= 11 is 0. The second-order valence-electron chi connectivity index (χ2n) is 9.26. The average Bonchev–Trinajstić information content (AvgIpc) is 2.77. The lowest BCUT2D eigenvalue weighted by atomic mass is 10.1. The van der Waals surface area contributed by atoms with Gasteiger partial charge in [0.15, 0.2) is 0 Å². The lowest BCUT2D eigenvalue weighted by molar-refractivity contribution is -0.142. The molecule has 1 aliphatic rings. The number of hydrogen-bond acceptors (Lipinski definition) is 8. The number of nitrogens with two attached hydrogens (primary N) is 1. The largest absolute Gasteiger partial charge is 0.481 e. The number of aliphatic carboxylic acids is 1. The van der Waals surface area contributed by atoms with Crippen molar-refractivity contribution < 1.29 is 39.2 Å². The van der Waals surface area contributed by atoms with Crippen LogP contribution in [0.5, 0.6) is 0 Å². The van der Waals surface area contributed by atoms with E-state index in [1.54, 1.807) is 4.90 Å². The molecule has 2 amide bonds. The molecule has 206 valence electrons. The summed E-state index contributed by atoms with van der Waals surface area (Å²) in [4.78, 5) is 39.1. The van der Waals surface area contributed by atoms with E-state index in [1.807, 2.05) is 13.8 Å². The van der Waals surface area contributed by atoms with Gasteiger partial charge in [-0.2, -0.15) is 0 Å². The Balaban J connectivity index is 0.0000116. The summed E-state index contributed by atoms with van der Waals surface area (Å²) in [6.45, 7) is 6.94. The Morgan fingerprint density at radius 2 is 1.74 bits per heavy atom. The Morgan fingerprint density at radius 3 is 2.34 bits per heavy atom. The van der Waals surface area contributed by atoms with E-state index in [0.717, 1.165) is 6.42 Å². The molecule has 0 aromatic carbocycles. The van der Waals surface area contributed by atoms with Crippen LogP contribution in [0.25, 0.3) is 0 Å². The first-order valence-electron chi connectivity index (χ1n) is 12.1. The highest BCUT2D eigenvalue weighted by Gasteiger charge is 2.31. The predicted octanol–water partition coefficient (Wildman–Crippen LogP) is 0.241. The van der Waals surface area contributed by atoms with Gasteiger partial charge in [0.1, 0.15) is 18.3 Å². The number of nitrogens with zero attached hydrogens (tertiary/aromatic N) is 2. The third-order valence-electron chi connectivity index (χ3n) is 5.84. The highest BCUT2D eigenvalue weighted by Crippen LogP contribution is 2.13. The second-order valence-corrected chi connectivity index (χ2v) is 9.26. The van der Waals surface area contributed by atoms with Gasteiger partial charge in [0.2, 0.25) is 11.8 Å². The number of carbonyl (C=O) groups excluding carboxylic acids is 2. The number of aliphatic hydroxyl groups is 2. The van der Waals surface area contributed by atoms with Crippen molar-refractivity contribution >= 4 is 30.2 Å². The number of hydrogen-bond donors (Lipinski definition) is 4. The normalized spacial score (nSPS) is 23.8. The van der Waals surface area contributed by atoms with E-state index in [-0.39, 0.29) is 63.3 Å². The summed E-state index contributed by atoms with van der Waals surface area (Å²) in [7, 11) is 0. The van der Waals surface area contributed by atoms with Gasteiger partial charge >= 0.3 is 5.97 Å². The summed E-state index contributed by atoms with van der Waals surface area (Å²) in [5.41, 5.74) is 5.95. The summed E-state index contributed by atoms with van der Waals surface area (Å²) in [6, 6.07) is -0.943. The topological polar surface area (TPSA) is 163 Å². The number of carboxylic acids is 1. The number of amides is 2. The van der Waals surface area contributed by atoms with Crippen molar-refractivity contribution in [2.24, 2.45) is 11.7 Å². The SMILES string of the molecule is CC(=O)N1CCN(C(=O)[C@@H](N)CCC(=O)O)CCCCOC[C@@H](O)[C@@H](O)[C@H](OCCC(C)C)C1.Cl. The lowest BCUT2D eigenvalue weighted by Gasteiger charge is -2.34. The molecular formula is C23H44ClN3O8. The van der Waals surface area contributed by atoms with Crippen LogP contribution < -0.4 is 5.73 Å². The van der Waals surface area contributed by atoms with E-state index in [0.29, 0.717) is 38.5 Å². The monoisotopic (exact) mass is 525 g/mol. The van der Waals surface area contributed by atoms with Crippen LogP contribution in [0, 0.1) is 5.92 Å². The Morgan fingerprint density at radius 1 is 1.09 bits per heavy atom. The predicted molar refractivity (Wildman–Crippen MR) is 132 cm³/mol. The molecule has 0 unspecified atom stereocenters. The van der Waals surface area contributed by atoms with Crippen LogP contribution in [-0.4, -0.2) is 113 Å². The van der Waals surface area contributed by atoms with E-state index >= 15 is 0 Å². The average molecular weight is 526 g/mol. The molecule has 5 N–H and O–H groups in total. The number of rotatable bonds is 8. The van der Waals surface area contributed by atoms with Gasteiger partial charge < -0.3 is 40.3 Å². The lowest BCUT2D eigenvalue weighted by Crippen LogP contribution is -2.52.